The fourth-order valence-corrected chi connectivity index (χ4v) is 1.68. The minimum absolute atomic E-state index is 0.114. The predicted molar refractivity (Wildman–Crippen MR) is 83.2 cm³/mol. The third-order valence-electron chi connectivity index (χ3n) is 2.72. The van der Waals surface area contributed by atoms with Crippen LogP contribution in [0.25, 0.3) is 0 Å². The zero-order valence-corrected chi connectivity index (χ0v) is 11.7. The predicted octanol–water partition coefficient (Wildman–Crippen LogP) is 1.69. The summed E-state index contributed by atoms with van der Waals surface area (Å²) in [7, 11) is 0. The zero-order valence-electron chi connectivity index (χ0n) is 11.7. The number of carbonyl (C=O) groups is 1. The highest BCUT2D eigenvalue weighted by Gasteiger charge is 2.18. The molecule has 3 rings (SSSR count). The SMILES string of the molecule is O=C1N=CCO/C=C\OC=NC2=CN=N/C2=C/C=C2/C=NN=C12. The quantitative estimate of drug-likeness (QED) is 0.678. The Hall–Kier alpha value is -3.49. The average molecular weight is 310 g/mol. The van der Waals surface area contributed by atoms with Crippen LogP contribution in [0, 0.1) is 0 Å². The molecule has 0 saturated carbocycles. The summed E-state index contributed by atoms with van der Waals surface area (Å²) in [6.07, 6.45) is 11.4. The molecule has 0 saturated heterocycles. The summed E-state index contributed by atoms with van der Waals surface area (Å²) in [5, 5.41) is 15.2. The Morgan fingerprint density at radius 1 is 1.09 bits per heavy atom. The van der Waals surface area contributed by atoms with E-state index in [1.54, 1.807) is 12.2 Å². The maximum atomic E-state index is 12.0. The Morgan fingerprint density at radius 2 is 2.04 bits per heavy atom. The molecule has 3 heterocycles. The molecule has 23 heavy (non-hydrogen) atoms. The van der Waals surface area contributed by atoms with E-state index in [1.165, 1.54) is 37.6 Å². The first-order chi connectivity index (χ1) is 11.3. The Labute approximate surface area is 130 Å². The number of carbonyl (C=O) groups excluding carboxylic acids is 1. The van der Waals surface area contributed by atoms with Crippen LogP contribution in [0.1, 0.15) is 0 Å². The number of nitrogens with zero attached hydrogens (tertiary/aromatic N) is 6. The van der Waals surface area contributed by atoms with Gasteiger partial charge in [0.15, 0.2) is 12.1 Å². The van der Waals surface area contributed by atoms with Crippen LogP contribution in [0.4, 0.5) is 0 Å². The first-order valence-corrected chi connectivity index (χ1v) is 6.51. The van der Waals surface area contributed by atoms with Crippen molar-refractivity contribution in [1.29, 1.82) is 0 Å². The molecule has 0 N–H and O–H groups in total. The fraction of sp³-hybridized carbons (Fsp3) is 0.0714. The molecule has 1 amide bonds. The Kier molecular flexibility index (Phi) is 4.39. The number of amides is 1. The summed E-state index contributed by atoms with van der Waals surface area (Å²) in [4.78, 5) is 19.8. The number of hydrogen-bond donors (Lipinski definition) is 0. The highest BCUT2D eigenvalue weighted by atomic mass is 16.5. The highest BCUT2D eigenvalue weighted by molar-refractivity contribution is 6.51. The van der Waals surface area contributed by atoms with Crippen LogP contribution in [0.2, 0.25) is 0 Å². The van der Waals surface area contributed by atoms with Gasteiger partial charge in [-0.3, -0.25) is 4.79 Å². The number of azo groups is 1. The van der Waals surface area contributed by atoms with Crippen molar-refractivity contribution in [3.8, 4) is 0 Å². The third-order valence-corrected chi connectivity index (χ3v) is 2.72. The topological polar surface area (TPSA) is 110 Å². The molecule has 9 nitrogen and oxygen atoms in total. The first kappa shape index (κ1) is 14.4. The number of rotatable bonds is 0. The van der Waals surface area contributed by atoms with Gasteiger partial charge in [-0.25, -0.2) is 9.98 Å². The Balaban J connectivity index is 1.91. The molecular weight excluding hydrogens is 300 g/mol. The molecule has 114 valence electrons. The van der Waals surface area contributed by atoms with Crippen molar-refractivity contribution in [2.45, 2.75) is 0 Å². The summed E-state index contributed by atoms with van der Waals surface area (Å²) in [6.45, 7) is 0.114. The normalized spacial score (nSPS) is 26.0. The lowest BCUT2D eigenvalue weighted by Crippen LogP contribution is -2.13. The van der Waals surface area contributed by atoms with Gasteiger partial charge in [0.1, 0.15) is 30.5 Å². The lowest BCUT2D eigenvalue weighted by molar-refractivity contribution is -0.111. The van der Waals surface area contributed by atoms with Gasteiger partial charge in [-0.1, -0.05) is 0 Å². The fourth-order valence-electron chi connectivity index (χ4n) is 1.68. The number of hydrogen-bond acceptors (Lipinski definition) is 8. The van der Waals surface area contributed by atoms with Crippen molar-refractivity contribution in [1.82, 2.24) is 0 Å². The van der Waals surface area contributed by atoms with Crippen molar-refractivity contribution in [2.24, 2.45) is 30.4 Å². The standard InChI is InChI=1S/C14H10N6O3/c21-14-13-10(7-17-20-13)1-2-11-12(8-18-19-11)16-9-23-6-5-22-4-3-15-14/h1-3,5-9H,4H2/b6-5-,10-1-,11-2+,15-3?,16-9?. The van der Waals surface area contributed by atoms with Crippen LogP contribution in [0.3, 0.4) is 0 Å². The highest BCUT2D eigenvalue weighted by Crippen LogP contribution is 2.20. The molecule has 9 heteroatoms. The maximum absolute atomic E-state index is 12.0. The monoisotopic (exact) mass is 310 g/mol. The van der Waals surface area contributed by atoms with Gasteiger partial charge in [0.25, 0.3) is 5.91 Å². The summed E-state index contributed by atoms with van der Waals surface area (Å²) < 4.78 is 10.1. The Morgan fingerprint density at radius 3 is 3.00 bits per heavy atom. The van der Waals surface area contributed by atoms with Gasteiger partial charge in [-0.2, -0.15) is 10.2 Å². The summed E-state index contributed by atoms with van der Waals surface area (Å²) in [5.74, 6) is -0.509. The smallest absolute Gasteiger partial charge is 0.297 e. The molecule has 0 aromatic carbocycles. The minimum atomic E-state index is -0.509. The van der Waals surface area contributed by atoms with Crippen LogP contribution in [-0.2, 0) is 14.3 Å². The van der Waals surface area contributed by atoms with Crippen LogP contribution in [-0.4, -0.2) is 37.1 Å². The minimum Gasteiger partial charge on any atom is -0.492 e. The van der Waals surface area contributed by atoms with E-state index in [1.807, 2.05) is 0 Å². The lowest BCUT2D eigenvalue weighted by atomic mass is 10.1. The van der Waals surface area contributed by atoms with Crippen molar-refractivity contribution in [2.75, 3.05) is 6.61 Å². The maximum Gasteiger partial charge on any atom is 0.297 e. The van der Waals surface area contributed by atoms with E-state index in [-0.39, 0.29) is 12.3 Å². The van der Waals surface area contributed by atoms with E-state index in [9.17, 15) is 4.79 Å². The Bertz CT molecular complexity index is 780. The van der Waals surface area contributed by atoms with E-state index in [0.29, 0.717) is 17.0 Å². The summed E-state index contributed by atoms with van der Waals surface area (Å²) >= 11 is 0. The van der Waals surface area contributed by atoms with Crippen molar-refractivity contribution >= 4 is 30.4 Å². The van der Waals surface area contributed by atoms with E-state index in [4.69, 9.17) is 9.47 Å². The number of fused-ring (bicyclic) bond motifs is 2. The molecule has 0 unspecified atom stereocenters. The van der Waals surface area contributed by atoms with Crippen LogP contribution < -0.4 is 0 Å². The van der Waals surface area contributed by atoms with Gasteiger partial charge >= 0.3 is 0 Å². The average Bonchev–Trinajstić information content (AvgIpc) is 3.19. The molecule has 0 atom stereocenters. The summed E-state index contributed by atoms with van der Waals surface area (Å²) in [5.41, 5.74) is 1.70. The number of aliphatic imine (C=N–C) groups is 2. The van der Waals surface area contributed by atoms with Crippen LogP contribution in [0.5, 0.6) is 0 Å². The molecule has 0 fully saturated rings. The van der Waals surface area contributed by atoms with Gasteiger partial charge in [-0.05, 0) is 12.2 Å². The van der Waals surface area contributed by atoms with E-state index >= 15 is 0 Å². The molecule has 3 aliphatic heterocycles. The molecule has 0 bridgehead atoms. The van der Waals surface area contributed by atoms with Gasteiger partial charge in [-0.15, -0.1) is 10.2 Å². The second kappa shape index (κ2) is 6.98. The van der Waals surface area contributed by atoms with Crippen molar-refractivity contribution < 1.29 is 14.3 Å². The van der Waals surface area contributed by atoms with Gasteiger partial charge in [0, 0.05) is 11.8 Å². The summed E-state index contributed by atoms with van der Waals surface area (Å²) in [6, 6.07) is 0. The van der Waals surface area contributed by atoms with Gasteiger partial charge < -0.3 is 9.47 Å². The van der Waals surface area contributed by atoms with Crippen LogP contribution >= 0.6 is 0 Å². The molecular formula is C14H10N6O3. The molecule has 0 aliphatic carbocycles. The molecule has 3 aliphatic rings. The second-order valence-corrected chi connectivity index (χ2v) is 4.19. The molecule has 0 aromatic rings. The van der Waals surface area contributed by atoms with Crippen molar-refractivity contribution in [3.63, 3.8) is 0 Å². The largest absolute Gasteiger partial charge is 0.492 e. The van der Waals surface area contributed by atoms with Gasteiger partial charge in [0.05, 0.1) is 12.4 Å². The number of allylic oxidation sites excluding steroid dienone is 2. The molecule has 0 spiro atoms. The molecule has 0 aromatic heterocycles. The van der Waals surface area contributed by atoms with E-state index < -0.39 is 5.91 Å². The zero-order chi connectivity index (χ0) is 15.9. The van der Waals surface area contributed by atoms with Crippen LogP contribution in [0.15, 0.2) is 78.3 Å². The first-order valence-electron chi connectivity index (χ1n) is 6.51. The number of ether oxygens (including phenoxy) is 2. The van der Waals surface area contributed by atoms with Gasteiger partial charge in [0.2, 0.25) is 0 Å². The second-order valence-electron chi connectivity index (χ2n) is 4.19. The van der Waals surface area contributed by atoms with E-state index in [0.717, 1.165) is 0 Å². The third kappa shape index (κ3) is 3.59. The van der Waals surface area contributed by atoms with E-state index in [2.05, 4.69) is 30.4 Å². The molecule has 0 radical (unpaired) electrons. The van der Waals surface area contributed by atoms with Crippen molar-refractivity contribution in [3.05, 3.63) is 47.8 Å². The lowest BCUT2D eigenvalue weighted by Gasteiger charge is -1.98.